The number of likely N-dealkylation sites (N-methyl/N-ethyl adjacent to an activating group) is 1. The third-order valence-electron chi connectivity index (χ3n) is 6.32. The van der Waals surface area contributed by atoms with E-state index < -0.39 is 17.4 Å². The summed E-state index contributed by atoms with van der Waals surface area (Å²) in [5.74, 6) is 0.220. The predicted octanol–water partition coefficient (Wildman–Crippen LogP) is 1.47. The first kappa shape index (κ1) is 22.1. The van der Waals surface area contributed by atoms with Crippen molar-refractivity contribution in [3.8, 4) is 11.5 Å². The number of carbonyl (C=O) groups is 2. The van der Waals surface area contributed by atoms with Crippen LogP contribution in [0.4, 0.5) is 0 Å². The second-order valence-corrected chi connectivity index (χ2v) is 8.25. The molecule has 2 aliphatic heterocycles. The van der Waals surface area contributed by atoms with E-state index in [0.29, 0.717) is 41.5 Å². The van der Waals surface area contributed by atoms with E-state index in [0.717, 1.165) is 25.9 Å². The Morgan fingerprint density at radius 1 is 1.19 bits per heavy atom. The third-order valence-corrected chi connectivity index (χ3v) is 6.32. The quantitative estimate of drug-likeness (QED) is 0.673. The minimum atomic E-state index is -0.763. The van der Waals surface area contributed by atoms with E-state index in [1.165, 1.54) is 6.20 Å². The summed E-state index contributed by atoms with van der Waals surface area (Å²) in [7, 11) is 0. The molecule has 1 fully saturated rings. The molecule has 172 valence electrons. The lowest BCUT2D eigenvalue weighted by Crippen LogP contribution is -2.49. The third kappa shape index (κ3) is 4.17. The summed E-state index contributed by atoms with van der Waals surface area (Å²) in [6, 6.07) is 2.93. The zero-order valence-corrected chi connectivity index (χ0v) is 18.8. The monoisotopic (exact) mass is 442 g/mol. The Morgan fingerprint density at radius 2 is 1.94 bits per heavy atom. The summed E-state index contributed by atoms with van der Waals surface area (Å²) >= 11 is 0. The van der Waals surface area contributed by atoms with Crippen molar-refractivity contribution in [1.29, 1.82) is 0 Å². The number of aromatic nitrogens is 1. The highest BCUT2D eigenvalue weighted by Crippen LogP contribution is 2.35. The fourth-order valence-electron chi connectivity index (χ4n) is 4.46. The molecule has 2 atom stereocenters. The summed E-state index contributed by atoms with van der Waals surface area (Å²) in [5.41, 5.74) is 0.254. The highest BCUT2D eigenvalue weighted by Gasteiger charge is 2.26. The van der Waals surface area contributed by atoms with Crippen molar-refractivity contribution in [2.45, 2.75) is 52.2 Å². The molecule has 1 aromatic heterocycles. The van der Waals surface area contributed by atoms with Crippen LogP contribution in [0.2, 0.25) is 0 Å². The second kappa shape index (κ2) is 9.20. The zero-order chi connectivity index (χ0) is 22.8. The molecule has 2 N–H and O–H groups in total. The van der Waals surface area contributed by atoms with Gasteiger partial charge < -0.3 is 24.7 Å². The summed E-state index contributed by atoms with van der Waals surface area (Å²) in [5, 5.41) is 5.98. The topological polar surface area (TPSA) is 102 Å². The smallest absolute Gasteiger partial charge is 0.257 e. The van der Waals surface area contributed by atoms with E-state index in [1.54, 1.807) is 19.1 Å². The number of hydrogen-bond acceptors (Lipinski definition) is 6. The van der Waals surface area contributed by atoms with Gasteiger partial charge in [0, 0.05) is 31.4 Å². The largest absolute Gasteiger partial charge is 0.454 e. The average Bonchev–Trinajstić information content (AvgIpc) is 3.45. The highest BCUT2D eigenvalue weighted by atomic mass is 16.7. The molecular formula is C23H30N4O5. The molecule has 32 heavy (non-hydrogen) atoms. The van der Waals surface area contributed by atoms with Gasteiger partial charge in [-0.1, -0.05) is 6.92 Å². The Hall–Kier alpha value is -3.07. The molecule has 0 radical (unpaired) electrons. The van der Waals surface area contributed by atoms with Crippen LogP contribution in [0.1, 0.15) is 44.0 Å². The number of amides is 2. The van der Waals surface area contributed by atoms with E-state index in [4.69, 9.17) is 9.47 Å². The molecule has 3 heterocycles. The van der Waals surface area contributed by atoms with Crippen LogP contribution in [0.3, 0.4) is 0 Å². The van der Waals surface area contributed by atoms with Crippen molar-refractivity contribution in [2.24, 2.45) is 0 Å². The fourth-order valence-corrected chi connectivity index (χ4v) is 4.46. The van der Waals surface area contributed by atoms with Gasteiger partial charge in [0.1, 0.15) is 11.6 Å². The van der Waals surface area contributed by atoms with Gasteiger partial charge in [-0.15, -0.1) is 0 Å². The minimum Gasteiger partial charge on any atom is -0.454 e. The van der Waals surface area contributed by atoms with Crippen LogP contribution in [-0.2, 0) is 11.3 Å². The van der Waals surface area contributed by atoms with Gasteiger partial charge in [-0.05, 0) is 45.8 Å². The Kier molecular flexibility index (Phi) is 6.36. The SMILES string of the molecule is CCN1CCC[C@@H]1CNC(=O)[C@H](C)NC(=O)c1cn(CC)c2cc3c(cc2c1=O)OCO3. The fraction of sp³-hybridized carbons (Fsp3) is 0.522. The lowest BCUT2D eigenvalue weighted by molar-refractivity contribution is -0.122. The van der Waals surface area contributed by atoms with Gasteiger partial charge in [-0.25, -0.2) is 0 Å². The number of pyridine rings is 1. The number of likely N-dealkylation sites (tertiary alicyclic amines) is 1. The number of rotatable bonds is 7. The molecule has 9 nitrogen and oxygen atoms in total. The Morgan fingerprint density at radius 3 is 2.66 bits per heavy atom. The summed E-state index contributed by atoms with van der Waals surface area (Å²) in [4.78, 5) is 40.9. The van der Waals surface area contributed by atoms with Gasteiger partial charge in [0.15, 0.2) is 11.5 Å². The van der Waals surface area contributed by atoms with Crippen LogP contribution in [-0.4, -0.2) is 59.8 Å². The molecule has 4 rings (SSSR count). The molecule has 0 spiro atoms. The molecule has 2 amide bonds. The number of carbonyl (C=O) groups excluding carboxylic acids is 2. The lowest BCUT2D eigenvalue weighted by atomic mass is 10.1. The van der Waals surface area contributed by atoms with E-state index in [1.807, 2.05) is 11.5 Å². The van der Waals surface area contributed by atoms with Crippen LogP contribution in [0.15, 0.2) is 23.1 Å². The number of nitrogens with one attached hydrogen (secondary N) is 2. The van der Waals surface area contributed by atoms with E-state index in [2.05, 4.69) is 22.5 Å². The molecule has 0 aliphatic carbocycles. The van der Waals surface area contributed by atoms with Gasteiger partial charge in [0.25, 0.3) is 5.91 Å². The molecule has 9 heteroatoms. The molecule has 2 aliphatic rings. The van der Waals surface area contributed by atoms with Crippen molar-refractivity contribution in [2.75, 3.05) is 26.4 Å². The van der Waals surface area contributed by atoms with Crippen molar-refractivity contribution in [3.05, 3.63) is 34.1 Å². The highest BCUT2D eigenvalue weighted by molar-refractivity contribution is 6.00. The van der Waals surface area contributed by atoms with Gasteiger partial charge in [0.05, 0.1) is 10.9 Å². The van der Waals surface area contributed by atoms with Crippen molar-refractivity contribution in [3.63, 3.8) is 0 Å². The van der Waals surface area contributed by atoms with Gasteiger partial charge in [-0.2, -0.15) is 0 Å². The summed E-state index contributed by atoms with van der Waals surface area (Å²) in [6.45, 7) is 8.88. The van der Waals surface area contributed by atoms with Gasteiger partial charge in [0.2, 0.25) is 18.1 Å². The van der Waals surface area contributed by atoms with Crippen LogP contribution in [0.25, 0.3) is 10.9 Å². The standard InChI is InChI=1S/C23H30N4O5/c1-4-26-8-6-7-15(26)11-24-22(29)14(3)25-23(30)17-12-27(5-2)18-10-20-19(31-13-32-20)9-16(18)21(17)28/h9-10,12,14-15H,4-8,11,13H2,1-3H3,(H,24,29)(H,25,30)/t14-,15+/m0/s1. The Labute approximate surface area is 186 Å². The molecule has 0 bridgehead atoms. The number of nitrogens with zero attached hydrogens (tertiary/aromatic N) is 2. The Bertz CT molecular complexity index is 1100. The Balaban J connectivity index is 1.49. The number of ether oxygens (including phenoxy) is 2. The average molecular weight is 443 g/mol. The maximum atomic E-state index is 13.1. The zero-order valence-electron chi connectivity index (χ0n) is 18.8. The van der Waals surface area contributed by atoms with Crippen molar-refractivity contribution in [1.82, 2.24) is 20.1 Å². The molecule has 0 saturated carbocycles. The maximum absolute atomic E-state index is 13.1. The first-order chi connectivity index (χ1) is 15.4. The first-order valence-electron chi connectivity index (χ1n) is 11.2. The molecule has 1 saturated heterocycles. The number of fused-ring (bicyclic) bond motifs is 2. The number of hydrogen-bond donors (Lipinski definition) is 2. The number of aryl methyl sites for hydroxylation is 1. The first-order valence-corrected chi connectivity index (χ1v) is 11.2. The van der Waals surface area contributed by atoms with Gasteiger partial charge >= 0.3 is 0 Å². The molecule has 0 unspecified atom stereocenters. The molecule has 2 aromatic rings. The van der Waals surface area contributed by atoms with Crippen LogP contribution < -0.4 is 25.5 Å². The van der Waals surface area contributed by atoms with E-state index in [9.17, 15) is 14.4 Å². The van der Waals surface area contributed by atoms with Crippen LogP contribution in [0.5, 0.6) is 11.5 Å². The molecule has 1 aromatic carbocycles. The van der Waals surface area contributed by atoms with E-state index >= 15 is 0 Å². The predicted molar refractivity (Wildman–Crippen MR) is 120 cm³/mol. The van der Waals surface area contributed by atoms with Crippen LogP contribution in [0, 0.1) is 0 Å². The lowest BCUT2D eigenvalue weighted by Gasteiger charge is -2.24. The number of benzene rings is 1. The summed E-state index contributed by atoms with van der Waals surface area (Å²) in [6.07, 6.45) is 3.72. The summed E-state index contributed by atoms with van der Waals surface area (Å²) < 4.78 is 12.6. The molecular weight excluding hydrogens is 412 g/mol. The van der Waals surface area contributed by atoms with E-state index in [-0.39, 0.29) is 18.3 Å². The van der Waals surface area contributed by atoms with Crippen molar-refractivity contribution < 1.29 is 19.1 Å². The maximum Gasteiger partial charge on any atom is 0.257 e. The second-order valence-electron chi connectivity index (χ2n) is 8.25. The minimum absolute atomic E-state index is 0.00850. The normalized spacial score (nSPS) is 18.7. The van der Waals surface area contributed by atoms with Crippen LogP contribution >= 0.6 is 0 Å². The van der Waals surface area contributed by atoms with Crippen molar-refractivity contribution >= 4 is 22.7 Å². The van der Waals surface area contributed by atoms with Gasteiger partial charge in [-0.3, -0.25) is 19.3 Å².